The number of imidazole rings is 1. The highest BCUT2D eigenvalue weighted by molar-refractivity contribution is 5.39. The molecule has 2 N–H and O–H groups in total. The lowest BCUT2D eigenvalue weighted by Gasteiger charge is -2.35. The second-order valence-electron chi connectivity index (χ2n) is 8.43. The summed E-state index contributed by atoms with van der Waals surface area (Å²) < 4.78 is 1.83. The lowest BCUT2D eigenvalue weighted by molar-refractivity contribution is 0.198. The Hall–Kier alpha value is -2.60. The Morgan fingerprint density at radius 1 is 1.30 bits per heavy atom. The van der Waals surface area contributed by atoms with Crippen LogP contribution in [0.15, 0.2) is 36.9 Å². The average molecular weight is 365 g/mol. The van der Waals surface area contributed by atoms with Crippen molar-refractivity contribution in [3.8, 4) is 5.75 Å². The molecule has 1 aromatic carbocycles. The van der Waals surface area contributed by atoms with Crippen molar-refractivity contribution >= 4 is 0 Å². The molecule has 1 aliphatic heterocycles. The van der Waals surface area contributed by atoms with Gasteiger partial charge in [0.25, 0.3) is 0 Å². The summed E-state index contributed by atoms with van der Waals surface area (Å²) >= 11 is 0. The van der Waals surface area contributed by atoms with Gasteiger partial charge in [-0.2, -0.15) is 5.10 Å². The monoisotopic (exact) mass is 365 g/mol. The third-order valence-electron chi connectivity index (χ3n) is 5.38. The molecule has 0 amide bonds. The lowest BCUT2D eigenvalue weighted by Crippen LogP contribution is -2.35. The highest BCUT2D eigenvalue weighted by Gasteiger charge is 2.32. The first-order chi connectivity index (χ1) is 12.8. The standard InChI is InChI=1S/C21H27N5O/c1-21(2,3)16-5-6-18(27)14(9-16)12-26-8-7-17-19(23-13-22-17)20(26)15-10-24-25(4)11-15/h5-6,9-11,13,20,27H,7-8,12H2,1-4H3,(H,22,23). The fraction of sp³-hybridized carbons (Fsp3) is 0.429. The number of hydrogen-bond acceptors (Lipinski definition) is 4. The number of aromatic hydroxyl groups is 1. The number of benzene rings is 1. The van der Waals surface area contributed by atoms with Gasteiger partial charge in [-0.3, -0.25) is 9.58 Å². The van der Waals surface area contributed by atoms with Crippen molar-refractivity contribution < 1.29 is 5.11 Å². The van der Waals surface area contributed by atoms with Crippen molar-refractivity contribution in [2.75, 3.05) is 6.54 Å². The number of aromatic nitrogens is 4. The smallest absolute Gasteiger partial charge is 0.120 e. The molecule has 6 nitrogen and oxygen atoms in total. The zero-order valence-electron chi connectivity index (χ0n) is 16.4. The number of aromatic amines is 1. The van der Waals surface area contributed by atoms with Crippen molar-refractivity contribution in [1.82, 2.24) is 24.6 Å². The van der Waals surface area contributed by atoms with Crippen molar-refractivity contribution in [2.24, 2.45) is 7.05 Å². The number of hydrogen-bond donors (Lipinski definition) is 2. The summed E-state index contributed by atoms with van der Waals surface area (Å²) in [6.45, 7) is 8.14. The number of nitrogens with zero attached hydrogens (tertiary/aromatic N) is 4. The maximum atomic E-state index is 10.5. The number of H-pyrrole nitrogens is 1. The number of nitrogens with one attached hydrogen (secondary N) is 1. The maximum Gasteiger partial charge on any atom is 0.120 e. The number of fused-ring (bicyclic) bond motifs is 1. The normalized spacial score (nSPS) is 17.9. The lowest BCUT2D eigenvalue weighted by atomic mass is 9.86. The fourth-order valence-electron chi connectivity index (χ4n) is 3.84. The van der Waals surface area contributed by atoms with Crippen LogP contribution in [-0.4, -0.2) is 36.3 Å². The van der Waals surface area contributed by atoms with E-state index >= 15 is 0 Å². The van der Waals surface area contributed by atoms with Gasteiger partial charge in [0.2, 0.25) is 0 Å². The molecular weight excluding hydrogens is 338 g/mol. The molecule has 0 spiro atoms. The van der Waals surface area contributed by atoms with E-state index in [0.717, 1.165) is 29.8 Å². The van der Waals surface area contributed by atoms with E-state index in [1.54, 1.807) is 6.33 Å². The Morgan fingerprint density at radius 2 is 2.11 bits per heavy atom. The topological polar surface area (TPSA) is 70.0 Å². The van der Waals surface area contributed by atoms with Gasteiger partial charge in [-0.25, -0.2) is 4.98 Å². The first-order valence-corrected chi connectivity index (χ1v) is 9.40. The summed E-state index contributed by atoms with van der Waals surface area (Å²) in [6.07, 6.45) is 6.65. The highest BCUT2D eigenvalue weighted by Crippen LogP contribution is 2.36. The van der Waals surface area contributed by atoms with E-state index in [0.29, 0.717) is 12.3 Å². The molecule has 0 fully saturated rings. The molecule has 1 atom stereocenters. The Morgan fingerprint density at radius 3 is 2.81 bits per heavy atom. The molecule has 1 unspecified atom stereocenters. The van der Waals surface area contributed by atoms with E-state index in [1.165, 1.54) is 11.3 Å². The van der Waals surface area contributed by atoms with Gasteiger partial charge >= 0.3 is 0 Å². The number of rotatable bonds is 3. The molecule has 27 heavy (non-hydrogen) atoms. The van der Waals surface area contributed by atoms with E-state index in [2.05, 4.69) is 46.8 Å². The Balaban J connectivity index is 1.71. The van der Waals surface area contributed by atoms with Crippen LogP contribution < -0.4 is 0 Å². The summed E-state index contributed by atoms with van der Waals surface area (Å²) in [5.74, 6) is 0.348. The molecule has 4 rings (SSSR count). The zero-order valence-corrected chi connectivity index (χ0v) is 16.4. The third kappa shape index (κ3) is 3.37. The minimum atomic E-state index is 0.0337. The molecule has 3 heterocycles. The van der Waals surface area contributed by atoms with E-state index in [1.807, 2.05) is 36.3 Å². The first-order valence-electron chi connectivity index (χ1n) is 9.40. The molecular formula is C21H27N5O. The molecule has 3 aromatic rings. The summed E-state index contributed by atoms with van der Waals surface area (Å²) in [5.41, 5.74) is 5.59. The molecule has 0 saturated carbocycles. The second kappa shape index (κ2) is 6.53. The quantitative estimate of drug-likeness (QED) is 0.747. The van der Waals surface area contributed by atoms with Gasteiger partial charge in [0.15, 0.2) is 0 Å². The summed E-state index contributed by atoms with van der Waals surface area (Å²) in [7, 11) is 1.93. The predicted octanol–water partition coefficient (Wildman–Crippen LogP) is 3.29. The number of phenolic OH excluding ortho intramolecular Hbond substituents is 1. The van der Waals surface area contributed by atoms with Crippen LogP contribution in [0.25, 0.3) is 0 Å². The number of phenols is 1. The van der Waals surface area contributed by atoms with Crippen LogP contribution in [0.1, 0.15) is 54.9 Å². The van der Waals surface area contributed by atoms with Crippen molar-refractivity contribution in [2.45, 2.75) is 45.2 Å². The molecule has 0 bridgehead atoms. The third-order valence-corrected chi connectivity index (χ3v) is 5.38. The average Bonchev–Trinajstić information content (AvgIpc) is 3.24. The second-order valence-corrected chi connectivity index (χ2v) is 8.43. The van der Waals surface area contributed by atoms with Crippen LogP contribution in [0.2, 0.25) is 0 Å². The van der Waals surface area contributed by atoms with Crippen LogP contribution in [0.4, 0.5) is 0 Å². The maximum absolute atomic E-state index is 10.5. The van der Waals surface area contributed by atoms with E-state index in [9.17, 15) is 5.11 Å². The Kier molecular flexibility index (Phi) is 4.30. The summed E-state index contributed by atoms with van der Waals surface area (Å²) in [5, 5.41) is 14.8. The van der Waals surface area contributed by atoms with Gasteiger partial charge in [-0.1, -0.05) is 32.9 Å². The SMILES string of the molecule is Cn1cc(C2c3nc[nH]c3CCN2Cc2cc(C(C)(C)C)ccc2O)cn1. The van der Waals surface area contributed by atoms with Crippen LogP contribution in [-0.2, 0) is 25.4 Å². The van der Waals surface area contributed by atoms with Crippen molar-refractivity contribution in [1.29, 1.82) is 0 Å². The molecule has 0 aliphatic carbocycles. The van der Waals surface area contributed by atoms with E-state index in [-0.39, 0.29) is 11.5 Å². The fourth-order valence-corrected chi connectivity index (χ4v) is 3.84. The van der Waals surface area contributed by atoms with Crippen LogP contribution >= 0.6 is 0 Å². The van der Waals surface area contributed by atoms with Crippen LogP contribution in [0.5, 0.6) is 5.75 Å². The summed E-state index contributed by atoms with van der Waals surface area (Å²) in [6, 6.07) is 6.00. The minimum absolute atomic E-state index is 0.0337. The van der Waals surface area contributed by atoms with E-state index in [4.69, 9.17) is 0 Å². The molecule has 0 saturated heterocycles. The Bertz CT molecular complexity index is 950. The van der Waals surface area contributed by atoms with Crippen LogP contribution in [0, 0.1) is 0 Å². The predicted molar refractivity (Wildman–Crippen MR) is 105 cm³/mol. The van der Waals surface area contributed by atoms with Gasteiger partial charge in [0.05, 0.1) is 24.3 Å². The van der Waals surface area contributed by atoms with Gasteiger partial charge in [0.1, 0.15) is 5.75 Å². The van der Waals surface area contributed by atoms with Gasteiger partial charge in [0, 0.05) is 49.6 Å². The minimum Gasteiger partial charge on any atom is -0.508 e. The van der Waals surface area contributed by atoms with Crippen LogP contribution in [0.3, 0.4) is 0 Å². The molecule has 0 radical (unpaired) electrons. The van der Waals surface area contributed by atoms with Gasteiger partial charge in [-0.15, -0.1) is 0 Å². The van der Waals surface area contributed by atoms with Crippen molar-refractivity contribution in [3.63, 3.8) is 0 Å². The largest absolute Gasteiger partial charge is 0.508 e. The first kappa shape index (κ1) is 17.8. The molecule has 6 heteroatoms. The molecule has 2 aromatic heterocycles. The number of aryl methyl sites for hydroxylation is 1. The Labute approximate surface area is 159 Å². The zero-order chi connectivity index (χ0) is 19.2. The van der Waals surface area contributed by atoms with Gasteiger partial charge in [-0.05, 0) is 17.0 Å². The molecule has 142 valence electrons. The summed E-state index contributed by atoms with van der Waals surface area (Å²) in [4.78, 5) is 10.2. The van der Waals surface area contributed by atoms with Gasteiger partial charge < -0.3 is 10.1 Å². The molecule has 1 aliphatic rings. The van der Waals surface area contributed by atoms with E-state index < -0.39 is 0 Å². The van der Waals surface area contributed by atoms with Crippen molar-refractivity contribution in [3.05, 3.63) is 65.0 Å². The highest BCUT2D eigenvalue weighted by atomic mass is 16.3.